The van der Waals surface area contributed by atoms with E-state index >= 15 is 0 Å². The van der Waals surface area contributed by atoms with E-state index in [9.17, 15) is 4.79 Å². The topological polar surface area (TPSA) is 85.6 Å². The van der Waals surface area contributed by atoms with Crippen LogP contribution in [0.4, 0.5) is 5.13 Å². The molecule has 0 aliphatic heterocycles. The van der Waals surface area contributed by atoms with Crippen molar-refractivity contribution in [2.75, 3.05) is 5.32 Å². The van der Waals surface area contributed by atoms with Gasteiger partial charge in [0, 0.05) is 23.3 Å². The number of pyridine rings is 1. The smallest absolute Gasteiger partial charge is 0.247 e. The van der Waals surface area contributed by atoms with Gasteiger partial charge in [-0.05, 0) is 12.1 Å². The second-order valence-corrected chi connectivity index (χ2v) is 4.77. The zero-order chi connectivity index (χ0) is 13.8. The fourth-order valence-electron chi connectivity index (χ4n) is 1.61. The standard InChI is InChI=1S/C12H10N6OS/c19-11(5-18-8-14-7-15-18)17-12-16-10(6-20-12)9-1-3-13-4-2-9/h1-4,6-8H,5H2,(H,16,17,19). The Labute approximate surface area is 118 Å². The van der Waals surface area contributed by atoms with Gasteiger partial charge in [-0.3, -0.25) is 9.78 Å². The molecule has 8 heteroatoms. The summed E-state index contributed by atoms with van der Waals surface area (Å²) in [5.74, 6) is -0.189. The van der Waals surface area contributed by atoms with Gasteiger partial charge in [0.05, 0.1) is 5.69 Å². The molecule has 20 heavy (non-hydrogen) atoms. The van der Waals surface area contributed by atoms with E-state index < -0.39 is 0 Å². The normalized spacial score (nSPS) is 10.4. The number of anilines is 1. The van der Waals surface area contributed by atoms with Gasteiger partial charge in [0.1, 0.15) is 19.2 Å². The van der Waals surface area contributed by atoms with Gasteiger partial charge in [-0.25, -0.2) is 14.6 Å². The molecule has 7 nitrogen and oxygen atoms in total. The van der Waals surface area contributed by atoms with E-state index in [1.54, 1.807) is 12.4 Å². The summed E-state index contributed by atoms with van der Waals surface area (Å²) in [5.41, 5.74) is 1.78. The third-order valence-electron chi connectivity index (χ3n) is 2.50. The summed E-state index contributed by atoms with van der Waals surface area (Å²) in [5, 5.41) is 9.05. The van der Waals surface area contributed by atoms with Crippen LogP contribution in [0.2, 0.25) is 0 Å². The van der Waals surface area contributed by atoms with Crippen LogP contribution >= 0.6 is 11.3 Å². The van der Waals surface area contributed by atoms with Gasteiger partial charge in [-0.15, -0.1) is 11.3 Å². The van der Waals surface area contributed by atoms with Crippen LogP contribution in [0.1, 0.15) is 0 Å². The maximum atomic E-state index is 11.8. The molecule has 3 heterocycles. The highest BCUT2D eigenvalue weighted by Crippen LogP contribution is 2.24. The Morgan fingerprint density at radius 1 is 1.30 bits per heavy atom. The van der Waals surface area contributed by atoms with Crippen molar-refractivity contribution < 1.29 is 4.79 Å². The lowest BCUT2D eigenvalue weighted by molar-refractivity contribution is -0.116. The van der Waals surface area contributed by atoms with Gasteiger partial charge < -0.3 is 5.32 Å². The molecular weight excluding hydrogens is 276 g/mol. The number of nitrogens with one attached hydrogen (secondary N) is 1. The maximum Gasteiger partial charge on any atom is 0.247 e. The van der Waals surface area contributed by atoms with Crippen molar-refractivity contribution >= 4 is 22.4 Å². The predicted octanol–water partition coefficient (Wildman–Crippen LogP) is 1.44. The minimum atomic E-state index is -0.189. The zero-order valence-corrected chi connectivity index (χ0v) is 11.1. The SMILES string of the molecule is O=C(Cn1cncn1)Nc1nc(-c2ccncc2)cs1. The third kappa shape index (κ3) is 2.86. The van der Waals surface area contributed by atoms with Crippen LogP contribution in [-0.4, -0.2) is 30.6 Å². The van der Waals surface area contributed by atoms with E-state index in [0.29, 0.717) is 5.13 Å². The molecule has 3 aromatic rings. The highest BCUT2D eigenvalue weighted by molar-refractivity contribution is 7.14. The van der Waals surface area contributed by atoms with Crippen molar-refractivity contribution in [3.05, 3.63) is 42.6 Å². The molecule has 0 aromatic carbocycles. The van der Waals surface area contributed by atoms with Crippen LogP contribution < -0.4 is 5.32 Å². The quantitative estimate of drug-likeness (QED) is 0.784. The third-order valence-corrected chi connectivity index (χ3v) is 3.26. The predicted molar refractivity (Wildman–Crippen MR) is 74.0 cm³/mol. The summed E-state index contributed by atoms with van der Waals surface area (Å²) in [6.07, 6.45) is 6.29. The summed E-state index contributed by atoms with van der Waals surface area (Å²) in [7, 11) is 0. The Morgan fingerprint density at radius 2 is 2.15 bits per heavy atom. The van der Waals surface area contributed by atoms with Crippen LogP contribution in [0.5, 0.6) is 0 Å². The molecule has 0 aliphatic rings. The summed E-state index contributed by atoms with van der Waals surface area (Å²) in [6.45, 7) is 0.115. The Hall–Kier alpha value is -2.61. The number of amides is 1. The molecule has 3 rings (SSSR count). The molecule has 0 saturated heterocycles. The minimum absolute atomic E-state index is 0.115. The van der Waals surface area contributed by atoms with Gasteiger partial charge in [0.15, 0.2) is 5.13 Å². The second-order valence-electron chi connectivity index (χ2n) is 3.92. The van der Waals surface area contributed by atoms with Crippen molar-refractivity contribution in [1.29, 1.82) is 0 Å². The van der Waals surface area contributed by atoms with Crippen LogP contribution in [-0.2, 0) is 11.3 Å². The average Bonchev–Trinajstić information content (AvgIpc) is 3.11. The number of carbonyl (C=O) groups is 1. The summed E-state index contributed by atoms with van der Waals surface area (Å²) < 4.78 is 1.45. The molecule has 0 atom stereocenters. The van der Waals surface area contributed by atoms with Gasteiger partial charge in [-0.1, -0.05) is 0 Å². The first kappa shape index (κ1) is 12.4. The zero-order valence-electron chi connectivity index (χ0n) is 10.3. The fraction of sp³-hybridized carbons (Fsp3) is 0.0833. The second kappa shape index (κ2) is 5.57. The van der Waals surface area contributed by atoms with Gasteiger partial charge >= 0.3 is 0 Å². The number of hydrogen-bond donors (Lipinski definition) is 1. The van der Waals surface area contributed by atoms with E-state index in [2.05, 4.69) is 25.4 Å². The molecule has 3 aromatic heterocycles. The number of nitrogens with zero attached hydrogens (tertiary/aromatic N) is 5. The highest BCUT2D eigenvalue weighted by atomic mass is 32.1. The molecule has 0 unspecified atom stereocenters. The number of carbonyl (C=O) groups excluding carboxylic acids is 1. The first-order chi connectivity index (χ1) is 9.81. The highest BCUT2D eigenvalue weighted by Gasteiger charge is 2.08. The summed E-state index contributed by atoms with van der Waals surface area (Å²) in [6, 6.07) is 3.74. The van der Waals surface area contributed by atoms with Crippen molar-refractivity contribution in [3.8, 4) is 11.3 Å². The van der Waals surface area contributed by atoms with E-state index in [-0.39, 0.29) is 12.5 Å². The molecule has 1 N–H and O–H groups in total. The van der Waals surface area contributed by atoms with Crippen molar-refractivity contribution in [1.82, 2.24) is 24.7 Å². The molecule has 0 aliphatic carbocycles. The van der Waals surface area contributed by atoms with Crippen LogP contribution in [0.25, 0.3) is 11.3 Å². The van der Waals surface area contributed by atoms with E-state index in [4.69, 9.17) is 0 Å². The molecule has 0 bridgehead atoms. The van der Waals surface area contributed by atoms with Crippen molar-refractivity contribution in [2.45, 2.75) is 6.54 Å². The molecule has 0 fully saturated rings. The van der Waals surface area contributed by atoms with E-state index in [0.717, 1.165) is 11.3 Å². The molecular formula is C12H10N6OS. The fourth-order valence-corrected chi connectivity index (χ4v) is 2.34. The lowest BCUT2D eigenvalue weighted by atomic mass is 10.2. The van der Waals surface area contributed by atoms with Crippen molar-refractivity contribution in [3.63, 3.8) is 0 Å². The Kier molecular flexibility index (Phi) is 3.46. The number of aromatic nitrogens is 5. The molecule has 0 spiro atoms. The Balaban J connectivity index is 1.67. The number of rotatable bonds is 4. The lowest BCUT2D eigenvalue weighted by Gasteiger charge is -2.00. The first-order valence-electron chi connectivity index (χ1n) is 5.79. The summed E-state index contributed by atoms with van der Waals surface area (Å²) >= 11 is 1.38. The van der Waals surface area contributed by atoms with Crippen molar-refractivity contribution in [2.24, 2.45) is 0 Å². The Bertz CT molecular complexity index is 694. The maximum absolute atomic E-state index is 11.8. The van der Waals surface area contributed by atoms with E-state index in [1.165, 1.54) is 28.7 Å². The van der Waals surface area contributed by atoms with Crippen LogP contribution in [0, 0.1) is 0 Å². The largest absolute Gasteiger partial charge is 0.300 e. The summed E-state index contributed by atoms with van der Waals surface area (Å²) in [4.78, 5) is 23.9. The first-order valence-corrected chi connectivity index (χ1v) is 6.67. The van der Waals surface area contributed by atoms with Crippen LogP contribution in [0.3, 0.4) is 0 Å². The number of hydrogen-bond acceptors (Lipinski definition) is 6. The van der Waals surface area contributed by atoms with Gasteiger partial charge in [-0.2, -0.15) is 5.10 Å². The van der Waals surface area contributed by atoms with Gasteiger partial charge in [0.2, 0.25) is 5.91 Å². The molecule has 100 valence electrons. The Morgan fingerprint density at radius 3 is 2.90 bits per heavy atom. The average molecular weight is 286 g/mol. The molecule has 1 amide bonds. The minimum Gasteiger partial charge on any atom is -0.300 e. The lowest BCUT2D eigenvalue weighted by Crippen LogP contribution is -2.18. The molecule has 0 radical (unpaired) electrons. The monoisotopic (exact) mass is 286 g/mol. The molecule has 0 saturated carbocycles. The van der Waals surface area contributed by atoms with Crippen LogP contribution in [0.15, 0.2) is 42.6 Å². The number of thiazole rings is 1. The van der Waals surface area contributed by atoms with E-state index in [1.807, 2.05) is 17.5 Å². The van der Waals surface area contributed by atoms with Gasteiger partial charge in [0.25, 0.3) is 0 Å².